The number of likely N-dealkylation sites (N-methyl/N-ethyl adjacent to an activating group) is 1. The number of hydrogen-bond acceptors (Lipinski definition) is 3. The summed E-state index contributed by atoms with van der Waals surface area (Å²) in [5.41, 5.74) is 2.59. The smallest absolute Gasteiger partial charge is 0.274 e. The minimum atomic E-state index is -1.56. The zero-order chi connectivity index (χ0) is 15.0. The average molecular weight is 299 g/mol. The third-order valence-corrected chi connectivity index (χ3v) is 4.98. The number of aryl methyl sites for hydroxylation is 1. The van der Waals surface area contributed by atoms with Crippen LogP contribution in [0.15, 0.2) is 53.4 Å². The van der Waals surface area contributed by atoms with E-state index >= 15 is 0 Å². The minimum Gasteiger partial charge on any atom is -0.367 e. The summed E-state index contributed by atoms with van der Waals surface area (Å²) < 4.78 is 0. The third kappa shape index (κ3) is 2.24. The molecule has 1 N–H and O–H groups in total. The van der Waals surface area contributed by atoms with Gasteiger partial charge in [-0.1, -0.05) is 53.7 Å². The lowest BCUT2D eigenvalue weighted by Gasteiger charge is -2.38. The first-order valence-electron chi connectivity index (χ1n) is 6.96. The minimum absolute atomic E-state index is 0.280. The molecule has 1 aliphatic rings. The Morgan fingerprint density at radius 3 is 2.48 bits per heavy atom. The van der Waals surface area contributed by atoms with Crippen molar-refractivity contribution in [3.63, 3.8) is 0 Å². The summed E-state index contributed by atoms with van der Waals surface area (Å²) in [7, 11) is 0. The highest BCUT2D eigenvalue weighted by atomic mass is 32.2. The quantitative estimate of drug-likeness (QED) is 0.925. The van der Waals surface area contributed by atoms with Gasteiger partial charge in [-0.2, -0.15) is 0 Å². The molecule has 0 bridgehead atoms. The van der Waals surface area contributed by atoms with Crippen molar-refractivity contribution in [3.05, 3.63) is 59.7 Å². The van der Waals surface area contributed by atoms with E-state index in [1.54, 1.807) is 4.90 Å². The number of para-hydroxylation sites is 1. The Hall–Kier alpha value is -1.78. The first-order chi connectivity index (χ1) is 10.1. The van der Waals surface area contributed by atoms with Crippen LogP contribution in [0, 0.1) is 6.92 Å². The second kappa shape index (κ2) is 5.20. The highest BCUT2D eigenvalue weighted by molar-refractivity contribution is 8.01. The molecule has 1 aliphatic heterocycles. The van der Waals surface area contributed by atoms with Gasteiger partial charge in [-0.15, -0.1) is 0 Å². The van der Waals surface area contributed by atoms with Gasteiger partial charge >= 0.3 is 0 Å². The Morgan fingerprint density at radius 1 is 1.14 bits per heavy atom. The average Bonchev–Trinajstić information content (AvgIpc) is 2.49. The first-order valence-corrected chi connectivity index (χ1v) is 7.77. The van der Waals surface area contributed by atoms with Crippen LogP contribution < -0.4 is 4.90 Å². The molecule has 1 heterocycles. The zero-order valence-electron chi connectivity index (χ0n) is 12.0. The number of rotatable bonds is 2. The molecule has 0 spiro atoms. The van der Waals surface area contributed by atoms with Gasteiger partial charge in [-0.25, -0.2) is 0 Å². The molecule has 3 nitrogen and oxygen atoms in total. The molecular formula is C17H17NO2S. The number of amides is 1. The standard InChI is InChI=1S/C17H17NO2S/c1-3-18-14-6-4-5-7-15(14)21-17(20,16(18)19)13-10-8-12(2)9-11-13/h4-11,20H,3H2,1-2H3. The van der Waals surface area contributed by atoms with E-state index < -0.39 is 4.93 Å². The van der Waals surface area contributed by atoms with Crippen LogP contribution in [0.25, 0.3) is 0 Å². The SMILES string of the molecule is CCN1C(=O)C(O)(c2ccc(C)cc2)Sc2ccccc21. The van der Waals surface area contributed by atoms with Crippen molar-refractivity contribution in [2.45, 2.75) is 23.7 Å². The summed E-state index contributed by atoms with van der Waals surface area (Å²) in [4.78, 5) is 13.8. The Balaban J connectivity index is 2.12. The molecule has 108 valence electrons. The molecule has 1 atom stereocenters. The van der Waals surface area contributed by atoms with Crippen molar-refractivity contribution >= 4 is 23.4 Å². The van der Waals surface area contributed by atoms with Gasteiger partial charge in [0.15, 0.2) is 0 Å². The van der Waals surface area contributed by atoms with Crippen molar-refractivity contribution < 1.29 is 9.90 Å². The number of fused-ring (bicyclic) bond motifs is 1. The largest absolute Gasteiger partial charge is 0.367 e. The molecule has 3 rings (SSSR count). The molecule has 2 aromatic rings. The maximum atomic E-state index is 12.8. The van der Waals surface area contributed by atoms with E-state index in [-0.39, 0.29) is 5.91 Å². The molecule has 1 amide bonds. The molecule has 0 radical (unpaired) electrons. The number of carbonyl (C=O) groups is 1. The van der Waals surface area contributed by atoms with Gasteiger partial charge in [-0.3, -0.25) is 4.79 Å². The summed E-state index contributed by atoms with van der Waals surface area (Å²) in [5, 5.41) is 11.0. The lowest BCUT2D eigenvalue weighted by Crippen LogP contribution is -2.48. The lowest BCUT2D eigenvalue weighted by atomic mass is 10.0. The fourth-order valence-electron chi connectivity index (χ4n) is 2.54. The van der Waals surface area contributed by atoms with Crippen LogP contribution in [0.4, 0.5) is 5.69 Å². The van der Waals surface area contributed by atoms with Crippen LogP contribution >= 0.6 is 11.8 Å². The Labute approximate surface area is 128 Å². The van der Waals surface area contributed by atoms with E-state index in [1.807, 2.05) is 62.4 Å². The van der Waals surface area contributed by atoms with Crippen LogP contribution in [0.5, 0.6) is 0 Å². The number of hydrogen-bond donors (Lipinski definition) is 1. The maximum Gasteiger partial charge on any atom is 0.274 e. The van der Waals surface area contributed by atoms with Crippen LogP contribution in [0.3, 0.4) is 0 Å². The maximum absolute atomic E-state index is 12.8. The second-order valence-corrected chi connectivity index (χ2v) is 6.36. The number of benzene rings is 2. The van der Waals surface area contributed by atoms with E-state index in [0.717, 1.165) is 16.1 Å². The van der Waals surface area contributed by atoms with Crippen LogP contribution in [0.2, 0.25) is 0 Å². The van der Waals surface area contributed by atoms with Gasteiger partial charge in [0.2, 0.25) is 4.93 Å². The Morgan fingerprint density at radius 2 is 1.81 bits per heavy atom. The summed E-state index contributed by atoms with van der Waals surface area (Å²) in [6.07, 6.45) is 0. The van der Waals surface area contributed by atoms with Crippen molar-refractivity contribution in [2.24, 2.45) is 0 Å². The van der Waals surface area contributed by atoms with Crippen LogP contribution in [-0.2, 0) is 9.73 Å². The van der Waals surface area contributed by atoms with Crippen molar-refractivity contribution in [3.8, 4) is 0 Å². The molecule has 0 saturated carbocycles. The monoisotopic (exact) mass is 299 g/mol. The van der Waals surface area contributed by atoms with Gasteiger partial charge in [0.25, 0.3) is 5.91 Å². The predicted octanol–water partition coefficient (Wildman–Crippen LogP) is 3.30. The van der Waals surface area contributed by atoms with Crippen LogP contribution in [-0.4, -0.2) is 17.6 Å². The fraction of sp³-hybridized carbons (Fsp3) is 0.235. The molecule has 0 saturated heterocycles. The topological polar surface area (TPSA) is 40.5 Å². The van der Waals surface area contributed by atoms with Crippen LogP contribution in [0.1, 0.15) is 18.1 Å². The number of aliphatic hydroxyl groups is 1. The summed E-state index contributed by atoms with van der Waals surface area (Å²) in [5.74, 6) is -0.280. The van der Waals surface area contributed by atoms with E-state index in [0.29, 0.717) is 12.1 Å². The van der Waals surface area contributed by atoms with Crippen molar-refractivity contribution in [1.82, 2.24) is 0 Å². The van der Waals surface area contributed by atoms with Gasteiger partial charge < -0.3 is 10.0 Å². The number of carbonyl (C=O) groups excluding carboxylic acids is 1. The molecule has 1 unspecified atom stereocenters. The molecule has 0 aliphatic carbocycles. The fourth-order valence-corrected chi connectivity index (χ4v) is 3.74. The number of nitrogens with zero attached hydrogens (tertiary/aromatic N) is 1. The highest BCUT2D eigenvalue weighted by Gasteiger charge is 2.46. The van der Waals surface area contributed by atoms with Crippen molar-refractivity contribution in [1.29, 1.82) is 0 Å². The zero-order valence-corrected chi connectivity index (χ0v) is 12.9. The third-order valence-electron chi connectivity index (χ3n) is 3.71. The van der Waals surface area contributed by atoms with Gasteiger partial charge in [-0.05, 0) is 26.0 Å². The van der Waals surface area contributed by atoms with E-state index in [1.165, 1.54) is 11.8 Å². The summed E-state index contributed by atoms with van der Waals surface area (Å²) in [6, 6.07) is 15.2. The Kier molecular flexibility index (Phi) is 3.51. The summed E-state index contributed by atoms with van der Waals surface area (Å²) >= 11 is 1.21. The van der Waals surface area contributed by atoms with Crippen molar-refractivity contribution in [2.75, 3.05) is 11.4 Å². The molecular weight excluding hydrogens is 282 g/mol. The number of anilines is 1. The van der Waals surface area contributed by atoms with E-state index in [2.05, 4.69) is 0 Å². The lowest BCUT2D eigenvalue weighted by molar-refractivity contribution is -0.129. The second-order valence-electron chi connectivity index (χ2n) is 5.13. The molecule has 4 heteroatoms. The van der Waals surface area contributed by atoms with Gasteiger partial charge in [0.05, 0.1) is 5.69 Å². The first kappa shape index (κ1) is 14.2. The summed E-state index contributed by atoms with van der Waals surface area (Å²) in [6.45, 7) is 4.43. The molecule has 0 aromatic heterocycles. The highest BCUT2D eigenvalue weighted by Crippen LogP contribution is 2.49. The van der Waals surface area contributed by atoms with Gasteiger partial charge in [0, 0.05) is 17.0 Å². The Bertz CT molecular complexity index is 683. The predicted molar refractivity (Wildman–Crippen MR) is 85.4 cm³/mol. The van der Waals surface area contributed by atoms with E-state index in [4.69, 9.17) is 0 Å². The molecule has 2 aromatic carbocycles. The molecule has 21 heavy (non-hydrogen) atoms. The number of thioether (sulfide) groups is 1. The molecule has 0 fully saturated rings. The normalized spacial score (nSPS) is 21.3. The van der Waals surface area contributed by atoms with Gasteiger partial charge in [0.1, 0.15) is 0 Å². The van der Waals surface area contributed by atoms with E-state index in [9.17, 15) is 9.90 Å².